The van der Waals surface area contributed by atoms with E-state index in [-0.39, 0.29) is 35.5 Å². The zero-order chi connectivity index (χ0) is 14.7. The Kier molecular flexibility index (Phi) is 2.70. The highest BCUT2D eigenvalue weighted by atomic mass is 16.7. The quantitative estimate of drug-likeness (QED) is 0.611. The molecule has 3 fully saturated rings. The Labute approximate surface area is 123 Å². The highest BCUT2D eigenvalue weighted by molar-refractivity contribution is 5.89. The van der Waals surface area contributed by atoms with E-state index >= 15 is 0 Å². The lowest BCUT2D eigenvalue weighted by atomic mass is 9.90. The fourth-order valence-corrected chi connectivity index (χ4v) is 3.39. The molecule has 0 saturated carbocycles. The number of ether oxygens (including phenoxy) is 4. The third kappa shape index (κ3) is 1.84. The van der Waals surface area contributed by atoms with Crippen LogP contribution in [0.1, 0.15) is 24.2 Å². The predicted molar refractivity (Wildman–Crippen MR) is 73.0 cm³/mol. The van der Waals surface area contributed by atoms with Gasteiger partial charge in [0, 0.05) is 0 Å². The van der Waals surface area contributed by atoms with Crippen LogP contribution in [0, 0.1) is 0 Å². The first-order valence-corrected chi connectivity index (χ1v) is 7.23. The van der Waals surface area contributed by atoms with Crippen LogP contribution in [0.2, 0.25) is 0 Å². The molecule has 4 atom stereocenters. The van der Waals surface area contributed by atoms with Crippen molar-refractivity contribution in [1.82, 2.24) is 0 Å². The molecule has 3 heterocycles. The number of esters is 1. The van der Waals surface area contributed by atoms with E-state index in [0.29, 0.717) is 18.8 Å². The lowest BCUT2D eigenvalue weighted by molar-refractivity contribution is -0.0169. The Bertz CT molecular complexity index is 569. The monoisotopic (exact) mass is 290 g/mol. The number of hydrogen-bond acceptors (Lipinski definition) is 5. The molecule has 0 amide bonds. The second kappa shape index (κ2) is 4.29. The van der Waals surface area contributed by atoms with E-state index in [4.69, 9.17) is 18.9 Å². The maximum Gasteiger partial charge on any atom is 0.338 e. The second-order valence-electron chi connectivity index (χ2n) is 6.34. The number of carbonyl (C=O) groups is 1. The Hall–Kier alpha value is -1.43. The zero-order valence-corrected chi connectivity index (χ0v) is 12.1. The second-order valence-corrected chi connectivity index (χ2v) is 6.34. The molecule has 0 bridgehead atoms. The van der Waals surface area contributed by atoms with E-state index < -0.39 is 0 Å². The highest BCUT2D eigenvalue weighted by Gasteiger charge is 2.76. The molecule has 1 aromatic rings. The van der Waals surface area contributed by atoms with Gasteiger partial charge in [0.05, 0.1) is 24.4 Å². The average molecular weight is 290 g/mol. The van der Waals surface area contributed by atoms with E-state index in [2.05, 4.69) is 0 Å². The summed E-state index contributed by atoms with van der Waals surface area (Å²) in [5.74, 6) is -0.342. The van der Waals surface area contributed by atoms with Crippen LogP contribution in [0.4, 0.5) is 0 Å². The molecule has 0 unspecified atom stereocenters. The van der Waals surface area contributed by atoms with Crippen molar-refractivity contribution in [2.75, 3.05) is 13.2 Å². The van der Waals surface area contributed by atoms with Crippen LogP contribution in [0.5, 0.6) is 0 Å². The van der Waals surface area contributed by atoms with Crippen LogP contribution in [-0.4, -0.2) is 48.7 Å². The third-order valence-electron chi connectivity index (χ3n) is 4.74. The Balaban J connectivity index is 1.46. The lowest BCUT2D eigenvalue weighted by Crippen LogP contribution is -2.38. The Morgan fingerprint density at radius 2 is 1.95 bits per heavy atom. The summed E-state index contributed by atoms with van der Waals surface area (Å²) in [7, 11) is 0. The van der Waals surface area contributed by atoms with E-state index in [1.807, 2.05) is 32.0 Å². The number of fused-ring (bicyclic) bond motifs is 2. The minimum atomic E-state index is -0.373. The summed E-state index contributed by atoms with van der Waals surface area (Å²) >= 11 is 0. The van der Waals surface area contributed by atoms with E-state index in [9.17, 15) is 4.79 Å². The van der Waals surface area contributed by atoms with Crippen molar-refractivity contribution >= 4 is 5.97 Å². The number of carbonyl (C=O) groups excluding carboxylic acids is 1. The molecule has 1 spiro atoms. The van der Waals surface area contributed by atoms with Crippen molar-refractivity contribution < 1.29 is 23.7 Å². The topological polar surface area (TPSA) is 57.3 Å². The fraction of sp³-hybridized carbons (Fsp3) is 0.562. The van der Waals surface area contributed by atoms with Gasteiger partial charge in [-0.3, -0.25) is 0 Å². The van der Waals surface area contributed by atoms with Gasteiger partial charge in [0.15, 0.2) is 6.10 Å². The predicted octanol–water partition coefficient (Wildman–Crippen LogP) is 1.56. The molecule has 3 saturated heterocycles. The first kappa shape index (κ1) is 13.2. The number of epoxide rings is 1. The maximum absolute atomic E-state index is 12.1. The molecule has 0 aromatic heterocycles. The van der Waals surface area contributed by atoms with Gasteiger partial charge in [-0.15, -0.1) is 0 Å². The zero-order valence-electron chi connectivity index (χ0n) is 12.1. The Morgan fingerprint density at radius 1 is 1.24 bits per heavy atom. The van der Waals surface area contributed by atoms with E-state index in [1.165, 1.54) is 0 Å². The summed E-state index contributed by atoms with van der Waals surface area (Å²) in [6.07, 6.45) is -0.761. The summed E-state index contributed by atoms with van der Waals surface area (Å²) < 4.78 is 23.0. The van der Waals surface area contributed by atoms with Crippen LogP contribution in [0.25, 0.3) is 0 Å². The molecule has 3 aliphatic rings. The van der Waals surface area contributed by atoms with Crippen LogP contribution in [-0.2, 0) is 18.9 Å². The van der Waals surface area contributed by atoms with Crippen molar-refractivity contribution in [3.63, 3.8) is 0 Å². The highest BCUT2D eigenvalue weighted by Crippen LogP contribution is 2.57. The maximum atomic E-state index is 12.1. The standard InChI is InChI=1S/C16H18O5/c1-15(2)16(21-15)9-19-12-11(8-18-13(12)16)20-14(17)10-6-4-3-5-7-10/h3-7,11-13H,8-9H2,1-2H3/t11-,12+,13-,16+/m0/s1. The van der Waals surface area contributed by atoms with Crippen LogP contribution < -0.4 is 0 Å². The van der Waals surface area contributed by atoms with Gasteiger partial charge in [-0.1, -0.05) is 18.2 Å². The molecule has 21 heavy (non-hydrogen) atoms. The van der Waals surface area contributed by atoms with Gasteiger partial charge in [0.1, 0.15) is 17.8 Å². The van der Waals surface area contributed by atoms with Gasteiger partial charge in [-0.2, -0.15) is 0 Å². The van der Waals surface area contributed by atoms with Crippen molar-refractivity contribution in [3.05, 3.63) is 35.9 Å². The molecule has 5 heteroatoms. The van der Waals surface area contributed by atoms with Gasteiger partial charge in [0.25, 0.3) is 0 Å². The summed E-state index contributed by atoms with van der Waals surface area (Å²) in [6.45, 7) is 4.92. The lowest BCUT2D eigenvalue weighted by Gasteiger charge is -2.16. The summed E-state index contributed by atoms with van der Waals surface area (Å²) in [4.78, 5) is 12.1. The van der Waals surface area contributed by atoms with E-state index in [0.717, 1.165) is 0 Å². The van der Waals surface area contributed by atoms with Crippen molar-refractivity contribution in [2.24, 2.45) is 0 Å². The SMILES string of the molecule is CC1(C)O[C@@]12CO[C@@H]1[C@@H](OC(=O)c3ccccc3)CO[C@@H]12. The molecule has 4 rings (SSSR count). The summed E-state index contributed by atoms with van der Waals surface area (Å²) in [5.41, 5.74) is -0.0623. The van der Waals surface area contributed by atoms with Gasteiger partial charge < -0.3 is 18.9 Å². The minimum Gasteiger partial charge on any atom is -0.453 e. The third-order valence-corrected chi connectivity index (χ3v) is 4.74. The molecule has 0 aliphatic carbocycles. The molecular weight excluding hydrogens is 272 g/mol. The molecule has 0 radical (unpaired) electrons. The van der Waals surface area contributed by atoms with Crippen molar-refractivity contribution in [2.45, 2.75) is 43.4 Å². The molecule has 112 valence electrons. The molecular formula is C16H18O5. The summed E-state index contributed by atoms with van der Waals surface area (Å²) in [5, 5.41) is 0. The summed E-state index contributed by atoms with van der Waals surface area (Å²) in [6, 6.07) is 8.96. The van der Waals surface area contributed by atoms with Crippen LogP contribution >= 0.6 is 0 Å². The van der Waals surface area contributed by atoms with Crippen LogP contribution in [0.3, 0.4) is 0 Å². The average Bonchev–Trinajstić information content (AvgIpc) is 2.81. The van der Waals surface area contributed by atoms with E-state index in [1.54, 1.807) is 12.1 Å². The first-order chi connectivity index (χ1) is 10.0. The minimum absolute atomic E-state index is 0.152. The smallest absolute Gasteiger partial charge is 0.338 e. The van der Waals surface area contributed by atoms with Crippen molar-refractivity contribution in [3.8, 4) is 0 Å². The van der Waals surface area contributed by atoms with Gasteiger partial charge in [0.2, 0.25) is 0 Å². The molecule has 1 aromatic carbocycles. The fourth-order valence-electron chi connectivity index (χ4n) is 3.39. The number of benzene rings is 1. The van der Waals surface area contributed by atoms with Gasteiger partial charge in [-0.25, -0.2) is 4.79 Å². The van der Waals surface area contributed by atoms with Gasteiger partial charge in [-0.05, 0) is 26.0 Å². The Morgan fingerprint density at radius 3 is 2.62 bits per heavy atom. The van der Waals surface area contributed by atoms with Crippen molar-refractivity contribution in [1.29, 1.82) is 0 Å². The van der Waals surface area contributed by atoms with Gasteiger partial charge >= 0.3 is 5.97 Å². The molecule has 0 N–H and O–H groups in total. The largest absolute Gasteiger partial charge is 0.453 e. The normalized spacial score (nSPS) is 39.2. The molecule has 5 nitrogen and oxygen atoms in total. The first-order valence-electron chi connectivity index (χ1n) is 7.23. The number of rotatable bonds is 2. The van der Waals surface area contributed by atoms with Crippen LogP contribution in [0.15, 0.2) is 30.3 Å². The number of hydrogen-bond donors (Lipinski definition) is 0. The molecule has 3 aliphatic heterocycles.